The number of rotatable bonds is 1. The van der Waals surface area contributed by atoms with Crippen LogP contribution in [-0.2, 0) is 4.79 Å². The topological polar surface area (TPSA) is 49.4 Å². The second-order valence-corrected chi connectivity index (χ2v) is 4.19. The molecule has 0 bridgehead atoms. The van der Waals surface area contributed by atoms with E-state index in [-0.39, 0.29) is 5.69 Å². The van der Waals surface area contributed by atoms with Crippen molar-refractivity contribution in [3.05, 3.63) is 29.8 Å². The van der Waals surface area contributed by atoms with Gasteiger partial charge in [-0.25, -0.2) is 18.5 Å². The fourth-order valence-electron chi connectivity index (χ4n) is 1.81. The largest absolute Gasteiger partial charge is 0.337 e. The summed E-state index contributed by atoms with van der Waals surface area (Å²) in [7, 11) is 0. The molecule has 1 unspecified atom stereocenters. The van der Waals surface area contributed by atoms with E-state index in [2.05, 4.69) is 5.32 Å². The molecule has 1 aromatic carbocycles. The van der Waals surface area contributed by atoms with Gasteiger partial charge in [0.2, 0.25) is 5.91 Å². The number of hydrogen-bond acceptors (Lipinski definition) is 2. The minimum absolute atomic E-state index is 0.229. The molecule has 1 saturated heterocycles. The van der Waals surface area contributed by atoms with Gasteiger partial charge in [-0.15, -0.1) is 0 Å². The highest BCUT2D eigenvalue weighted by atomic mass is 19.1. The zero-order chi connectivity index (χ0) is 13.3. The van der Waals surface area contributed by atoms with Crippen LogP contribution >= 0.6 is 0 Å². The summed E-state index contributed by atoms with van der Waals surface area (Å²) < 4.78 is 26.4. The highest BCUT2D eigenvalue weighted by Gasteiger charge is 2.32. The molecule has 0 aromatic heterocycles. The van der Waals surface area contributed by atoms with Crippen LogP contribution in [0.1, 0.15) is 13.3 Å². The molecule has 0 aliphatic carbocycles. The normalized spacial score (nSPS) is 20.6. The molecule has 6 heteroatoms. The van der Waals surface area contributed by atoms with Crippen molar-refractivity contribution in [3.8, 4) is 0 Å². The van der Waals surface area contributed by atoms with Gasteiger partial charge in [0.1, 0.15) is 11.6 Å². The van der Waals surface area contributed by atoms with Gasteiger partial charge in [-0.3, -0.25) is 4.79 Å². The van der Waals surface area contributed by atoms with Crippen LogP contribution in [-0.4, -0.2) is 18.5 Å². The fraction of sp³-hybridized carbons (Fsp3) is 0.333. The van der Waals surface area contributed by atoms with Crippen LogP contribution in [0.15, 0.2) is 18.2 Å². The lowest BCUT2D eigenvalue weighted by molar-refractivity contribution is -0.121. The van der Waals surface area contributed by atoms with Crippen LogP contribution in [0, 0.1) is 17.6 Å². The molecule has 96 valence electrons. The van der Waals surface area contributed by atoms with Gasteiger partial charge in [0.25, 0.3) is 0 Å². The SMILES string of the molecule is CC1CCNC(=O)N(c2ccc(F)cc2F)C1=O. The van der Waals surface area contributed by atoms with E-state index < -0.39 is 29.5 Å². The average molecular weight is 254 g/mol. The molecular formula is C12H12F2N2O2. The molecule has 1 fully saturated rings. The van der Waals surface area contributed by atoms with Crippen molar-refractivity contribution < 1.29 is 18.4 Å². The number of anilines is 1. The summed E-state index contributed by atoms with van der Waals surface area (Å²) in [5.41, 5.74) is -0.229. The second-order valence-electron chi connectivity index (χ2n) is 4.19. The smallest absolute Gasteiger partial charge is 0.328 e. The summed E-state index contributed by atoms with van der Waals surface area (Å²) in [6.45, 7) is 2.02. The molecule has 18 heavy (non-hydrogen) atoms. The van der Waals surface area contributed by atoms with E-state index in [9.17, 15) is 18.4 Å². The Kier molecular flexibility index (Phi) is 3.27. The number of nitrogens with zero attached hydrogens (tertiary/aromatic N) is 1. The molecule has 1 aliphatic rings. The third-order valence-electron chi connectivity index (χ3n) is 2.85. The zero-order valence-electron chi connectivity index (χ0n) is 9.74. The third kappa shape index (κ3) is 2.18. The van der Waals surface area contributed by atoms with Crippen molar-refractivity contribution in [3.63, 3.8) is 0 Å². The van der Waals surface area contributed by atoms with Crippen molar-refractivity contribution in [1.29, 1.82) is 0 Å². The molecule has 4 nitrogen and oxygen atoms in total. The molecule has 0 radical (unpaired) electrons. The molecule has 0 saturated carbocycles. The molecule has 3 amide bonds. The Hall–Kier alpha value is -1.98. The summed E-state index contributed by atoms with van der Waals surface area (Å²) >= 11 is 0. The monoisotopic (exact) mass is 254 g/mol. The summed E-state index contributed by atoms with van der Waals surface area (Å²) in [4.78, 5) is 24.5. The summed E-state index contributed by atoms with van der Waals surface area (Å²) in [6, 6.07) is 2.05. The maximum absolute atomic E-state index is 13.6. The first kappa shape index (κ1) is 12.5. The minimum Gasteiger partial charge on any atom is -0.337 e. The summed E-state index contributed by atoms with van der Waals surface area (Å²) in [5, 5.41) is 2.50. The van der Waals surface area contributed by atoms with Gasteiger partial charge in [-0.1, -0.05) is 6.92 Å². The standard InChI is InChI=1S/C12H12F2N2O2/c1-7-4-5-15-12(18)16(11(7)17)10-3-2-8(13)6-9(10)14/h2-3,6-7H,4-5H2,1H3,(H,15,18). The molecule has 1 atom stereocenters. The predicted octanol–water partition coefficient (Wildman–Crippen LogP) is 2.05. The van der Waals surface area contributed by atoms with Gasteiger partial charge in [-0.2, -0.15) is 0 Å². The number of urea groups is 1. The number of carbonyl (C=O) groups is 2. The van der Waals surface area contributed by atoms with Crippen LogP contribution in [0.4, 0.5) is 19.3 Å². The lowest BCUT2D eigenvalue weighted by Crippen LogP contribution is -2.43. The van der Waals surface area contributed by atoms with Crippen LogP contribution in [0.2, 0.25) is 0 Å². The van der Waals surface area contributed by atoms with Crippen molar-refractivity contribution in [2.24, 2.45) is 5.92 Å². The van der Waals surface area contributed by atoms with Crippen molar-refractivity contribution >= 4 is 17.6 Å². The maximum atomic E-state index is 13.6. The summed E-state index contributed by atoms with van der Waals surface area (Å²) in [5.74, 6) is -2.58. The third-order valence-corrected chi connectivity index (χ3v) is 2.85. The van der Waals surface area contributed by atoms with Crippen molar-refractivity contribution in [2.45, 2.75) is 13.3 Å². The van der Waals surface area contributed by atoms with E-state index in [0.717, 1.165) is 17.0 Å². The zero-order valence-corrected chi connectivity index (χ0v) is 9.74. The maximum Gasteiger partial charge on any atom is 0.328 e. The molecule has 0 spiro atoms. The van der Waals surface area contributed by atoms with Crippen LogP contribution in [0.5, 0.6) is 0 Å². The summed E-state index contributed by atoms with van der Waals surface area (Å²) in [6.07, 6.45) is 0.490. The number of benzene rings is 1. The predicted molar refractivity (Wildman–Crippen MR) is 61.0 cm³/mol. The number of imide groups is 1. The van der Waals surface area contributed by atoms with Crippen LogP contribution in [0.25, 0.3) is 0 Å². The van der Waals surface area contributed by atoms with Crippen molar-refractivity contribution in [1.82, 2.24) is 5.32 Å². The Morgan fingerprint density at radius 3 is 2.72 bits per heavy atom. The van der Waals surface area contributed by atoms with E-state index in [0.29, 0.717) is 19.0 Å². The lowest BCUT2D eigenvalue weighted by atomic mass is 10.1. The van der Waals surface area contributed by atoms with Gasteiger partial charge in [-0.05, 0) is 18.6 Å². The highest BCUT2D eigenvalue weighted by molar-refractivity contribution is 6.15. The van der Waals surface area contributed by atoms with Crippen LogP contribution < -0.4 is 10.2 Å². The number of nitrogens with one attached hydrogen (secondary N) is 1. The number of hydrogen-bond donors (Lipinski definition) is 1. The van der Waals surface area contributed by atoms with Gasteiger partial charge >= 0.3 is 6.03 Å². The first-order valence-corrected chi connectivity index (χ1v) is 5.57. The Bertz CT molecular complexity index is 505. The molecule has 1 aromatic rings. The second kappa shape index (κ2) is 4.72. The van der Waals surface area contributed by atoms with Crippen LogP contribution in [0.3, 0.4) is 0 Å². The quantitative estimate of drug-likeness (QED) is 0.833. The fourth-order valence-corrected chi connectivity index (χ4v) is 1.81. The molecular weight excluding hydrogens is 242 g/mol. The Morgan fingerprint density at radius 2 is 2.06 bits per heavy atom. The van der Waals surface area contributed by atoms with E-state index in [1.807, 2.05) is 0 Å². The van der Waals surface area contributed by atoms with E-state index in [4.69, 9.17) is 0 Å². The average Bonchev–Trinajstić information content (AvgIpc) is 2.42. The minimum atomic E-state index is -0.937. The first-order chi connectivity index (χ1) is 8.50. The number of carbonyl (C=O) groups excluding carboxylic acids is 2. The van der Waals surface area contributed by atoms with Gasteiger partial charge < -0.3 is 5.32 Å². The van der Waals surface area contributed by atoms with Gasteiger partial charge in [0.05, 0.1) is 5.69 Å². The Balaban J connectivity index is 2.45. The Morgan fingerprint density at radius 1 is 1.33 bits per heavy atom. The van der Waals surface area contributed by atoms with Gasteiger partial charge in [0.15, 0.2) is 0 Å². The number of halogens is 2. The Labute approximate surface area is 103 Å². The van der Waals surface area contributed by atoms with E-state index in [1.54, 1.807) is 6.92 Å². The van der Waals surface area contributed by atoms with E-state index in [1.165, 1.54) is 0 Å². The molecule has 2 rings (SSSR count). The lowest BCUT2D eigenvalue weighted by Gasteiger charge is -2.20. The molecule has 1 aliphatic heterocycles. The molecule has 1 heterocycles. The van der Waals surface area contributed by atoms with Crippen molar-refractivity contribution in [2.75, 3.05) is 11.4 Å². The van der Waals surface area contributed by atoms with Gasteiger partial charge in [0, 0.05) is 18.5 Å². The first-order valence-electron chi connectivity index (χ1n) is 5.57. The number of amides is 3. The highest BCUT2D eigenvalue weighted by Crippen LogP contribution is 2.24. The van der Waals surface area contributed by atoms with E-state index >= 15 is 0 Å². The molecule has 1 N–H and O–H groups in total.